The molecule has 0 saturated heterocycles. The summed E-state index contributed by atoms with van der Waals surface area (Å²) in [5.74, 6) is 1.08. The third-order valence-electron chi connectivity index (χ3n) is 4.35. The lowest BCUT2D eigenvalue weighted by molar-refractivity contribution is 0.501. The molecule has 1 aromatic carbocycles. The van der Waals surface area contributed by atoms with Crippen molar-refractivity contribution in [1.82, 2.24) is 4.98 Å². The van der Waals surface area contributed by atoms with Gasteiger partial charge in [-0.25, -0.2) is 4.98 Å². The van der Waals surface area contributed by atoms with Crippen molar-refractivity contribution >= 4 is 23.1 Å². The molecule has 20 heavy (non-hydrogen) atoms. The van der Waals surface area contributed by atoms with Crippen LogP contribution in [0.15, 0.2) is 29.2 Å². The molecule has 1 aromatic heterocycles. The van der Waals surface area contributed by atoms with Crippen LogP contribution in [0.1, 0.15) is 40.4 Å². The zero-order valence-electron chi connectivity index (χ0n) is 11.4. The molecule has 0 spiro atoms. The molecule has 1 atom stereocenters. The van der Waals surface area contributed by atoms with E-state index in [1.807, 2.05) is 23.1 Å². The van der Waals surface area contributed by atoms with Crippen LogP contribution in [0.25, 0.3) is 0 Å². The van der Waals surface area contributed by atoms with Gasteiger partial charge in [0.05, 0.1) is 11.2 Å². The van der Waals surface area contributed by atoms with E-state index in [1.54, 1.807) is 0 Å². The zero-order chi connectivity index (χ0) is 13.6. The van der Waals surface area contributed by atoms with E-state index in [2.05, 4.69) is 24.3 Å². The van der Waals surface area contributed by atoms with E-state index < -0.39 is 0 Å². The maximum Gasteiger partial charge on any atom is 0.118 e. The van der Waals surface area contributed by atoms with Crippen molar-refractivity contribution in [2.75, 3.05) is 5.75 Å². The topological polar surface area (TPSA) is 38.9 Å². The van der Waals surface area contributed by atoms with Gasteiger partial charge in [-0.15, -0.1) is 23.1 Å². The van der Waals surface area contributed by atoms with Crippen molar-refractivity contribution in [3.8, 4) is 0 Å². The van der Waals surface area contributed by atoms with E-state index in [0.29, 0.717) is 0 Å². The third-order valence-corrected chi connectivity index (χ3v) is 6.76. The molecule has 0 amide bonds. The van der Waals surface area contributed by atoms with Gasteiger partial charge in [-0.2, -0.15) is 0 Å². The lowest BCUT2D eigenvalue weighted by Crippen LogP contribution is -2.40. The van der Waals surface area contributed by atoms with Crippen LogP contribution in [0, 0.1) is 0 Å². The molecule has 0 fully saturated rings. The van der Waals surface area contributed by atoms with Gasteiger partial charge in [0, 0.05) is 15.5 Å². The molecule has 1 aliphatic carbocycles. The Bertz CT molecular complexity index is 626. The predicted octanol–water partition coefficient (Wildman–Crippen LogP) is 3.72. The molecule has 4 rings (SSSR count). The van der Waals surface area contributed by atoms with Gasteiger partial charge in [0.15, 0.2) is 0 Å². The Labute approximate surface area is 127 Å². The standard InChI is InChI=1S/C16H18N2S2/c17-16(9-10-19-13-7-3-1-5-11(13)16)15-18-12-6-2-4-8-14(12)20-15/h1,3,5,7H,2,4,6,8-10,17H2. The second kappa shape index (κ2) is 4.86. The van der Waals surface area contributed by atoms with Crippen molar-refractivity contribution in [3.05, 3.63) is 45.4 Å². The van der Waals surface area contributed by atoms with Gasteiger partial charge in [-0.05, 0) is 43.7 Å². The number of rotatable bonds is 1. The summed E-state index contributed by atoms with van der Waals surface area (Å²) in [6.07, 6.45) is 5.90. The van der Waals surface area contributed by atoms with Crippen molar-refractivity contribution in [3.63, 3.8) is 0 Å². The summed E-state index contributed by atoms with van der Waals surface area (Å²) >= 11 is 3.78. The number of nitrogens with two attached hydrogens (primary N) is 1. The van der Waals surface area contributed by atoms with Crippen molar-refractivity contribution < 1.29 is 0 Å². The van der Waals surface area contributed by atoms with Crippen molar-refractivity contribution in [2.45, 2.75) is 42.5 Å². The molecule has 0 saturated carbocycles. The van der Waals surface area contributed by atoms with Gasteiger partial charge >= 0.3 is 0 Å². The summed E-state index contributed by atoms with van der Waals surface area (Å²) in [6, 6.07) is 8.57. The van der Waals surface area contributed by atoms with Crippen molar-refractivity contribution in [1.29, 1.82) is 0 Å². The van der Waals surface area contributed by atoms with E-state index >= 15 is 0 Å². The van der Waals surface area contributed by atoms with Crippen LogP contribution >= 0.6 is 23.1 Å². The first-order valence-corrected chi connectivity index (χ1v) is 9.08. The van der Waals surface area contributed by atoms with Gasteiger partial charge in [-0.3, -0.25) is 0 Å². The van der Waals surface area contributed by atoms with Gasteiger partial charge in [-0.1, -0.05) is 18.2 Å². The number of aryl methyl sites for hydroxylation is 2. The Morgan fingerprint density at radius 1 is 1.15 bits per heavy atom. The van der Waals surface area contributed by atoms with E-state index in [1.165, 1.54) is 40.3 Å². The number of hydrogen-bond donors (Lipinski definition) is 1. The number of thioether (sulfide) groups is 1. The van der Waals surface area contributed by atoms with Gasteiger partial charge in [0.25, 0.3) is 0 Å². The minimum Gasteiger partial charge on any atom is -0.316 e. The molecule has 0 radical (unpaired) electrons. The maximum absolute atomic E-state index is 6.84. The Morgan fingerprint density at radius 2 is 2.00 bits per heavy atom. The van der Waals surface area contributed by atoms with Crippen LogP contribution in [0.3, 0.4) is 0 Å². The van der Waals surface area contributed by atoms with E-state index in [0.717, 1.165) is 23.6 Å². The summed E-state index contributed by atoms with van der Waals surface area (Å²) in [5, 5.41) is 1.14. The second-order valence-corrected chi connectivity index (χ2v) is 7.88. The largest absolute Gasteiger partial charge is 0.316 e. The first kappa shape index (κ1) is 12.9. The number of benzene rings is 1. The third kappa shape index (κ3) is 1.93. The number of thiazole rings is 1. The fraction of sp³-hybridized carbons (Fsp3) is 0.438. The average Bonchev–Trinajstić information content (AvgIpc) is 2.92. The lowest BCUT2D eigenvalue weighted by atomic mass is 9.88. The summed E-state index contributed by atoms with van der Waals surface area (Å²) in [6.45, 7) is 0. The van der Waals surface area contributed by atoms with Gasteiger partial charge in [0.1, 0.15) is 5.01 Å². The van der Waals surface area contributed by atoms with Gasteiger partial charge < -0.3 is 5.73 Å². The molecule has 104 valence electrons. The molecule has 2 nitrogen and oxygen atoms in total. The van der Waals surface area contributed by atoms with Crippen LogP contribution < -0.4 is 5.73 Å². The molecule has 2 heterocycles. The normalized spacial score (nSPS) is 25.1. The number of fused-ring (bicyclic) bond motifs is 2. The Balaban J connectivity index is 1.83. The Morgan fingerprint density at radius 3 is 2.90 bits per heavy atom. The van der Waals surface area contributed by atoms with Gasteiger partial charge in [0.2, 0.25) is 0 Å². The zero-order valence-corrected chi connectivity index (χ0v) is 13.0. The van der Waals surface area contributed by atoms with Crippen molar-refractivity contribution in [2.24, 2.45) is 5.73 Å². The molecular weight excluding hydrogens is 284 g/mol. The summed E-state index contributed by atoms with van der Waals surface area (Å²) in [7, 11) is 0. The number of aromatic nitrogens is 1. The SMILES string of the molecule is NC1(c2nc3c(s2)CCCC3)CCSc2ccccc21. The first-order valence-electron chi connectivity index (χ1n) is 7.27. The molecule has 4 heteroatoms. The average molecular weight is 302 g/mol. The molecule has 2 aromatic rings. The molecule has 1 unspecified atom stereocenters. The van der Waals surface area contributed by atoms with Crippen LogP contribution in [-0.4, -0.2) is 10.7 Å². The molecule has 2 aliphatic rings. The Kier molecular flexibility index (Phi) is 3.13. The summed E-state index contributed by atoms with van der Waals surface area (Å²) in [5.41, 5.74) is 9.05. The van der Waals surface area contributed by atoms with Crippen LogP contribution in [0.2, 0.25) is 0 Å². The Hall–Kier alpha value is -0.840. The molecule has 2 N–H and O–H groups in total. The maximum atomic E-state index is 6.84. The van der Waals surface area contributed by atoms with Crippen LogP contribution in [0.4, 0.5) is 0 Å². The molecule has 1 aliphatic heterocycles. The second-order valence-electron chi connectivity index (χ2n) is 5.66. The quantitative estimate of drug-likeness (QED) is 0.872. The highest BCUT2D eigenvalue weighted by Gasteiger charge is 2.38. The summed E-state index contributed by atoms with van der Waals surface area (Å²) < 4.78 is 0. The highest BCUT2D eigenvalue weighted by Crippen LogP contribution is 2.44. The van der Waals surface area contributed by atoms with E-state index in [9.17, 15) is 0 Å². The molecular formula is C16H18N2S2. The predicted molar refractivity (Wildman–Crippen MR) is 85.5 cm³/mol. The number of nitrogens with zero attached hydrogens (tertiary/aromatic N) is 1. The van der Waals surface area contributed by atoms with E-state index in [4.69, 9.17) is 10.7 Å². The number of hydrogen-bond acceptors (Lipinski definition) is 4. The lowest BCUT2D eigenvalue weighted by Gasteiger charge is -2.33. The fourth-order valence-corrected chi connectivity index (χ4v) is 5.70. The molecule has 0 bridgehead atoms. The minimum atomic E-state index is -0.371. The minimum absolute atomic E-state index is 0.371. The first-order chi connectivity index (χ1) is 9.77. The summed E-state index contributed by atoms with van der Waals surface area (Å²) in [4.78, 5) is 7.74. The highest BCUT2D eigenvalue weighted by atomic mass is 32.2. The van der Waals surface area contributed by atoms with E-state index in [-0.39, 0.29) is 5.54 Å². The monoisotopic (exact) mass is 302 g/mol. The smallest absolute Gasteiger partial charge is 0.118 e. The van der Waals surface area contributed by atoms with Crippen LogP contribution in [0.5, 0.6) is 0 Å². The van der Waals surface area contributed by atoms with Crippen LogP contribution in [-0.2, 0) is 18.4 Å². The fourth-order valence-electron chi connectivity index (χ4n) is 3.18. The highest BCUT2D eigenvalue weighted by molar-refractivity contribution is 7.99.